The van der Waals surface area contributed by atoms with Crippen LogP contribution in [0.4, 0.5) is 5.69 Å². The van der Waals surface area contributed by atoms with Crippen LogP contribution < -0.4 is 10.5 Å². The van der Waals surface area contributed by atoms with Crippen LogP contribution in [0.5, 0.6) is 5.88 Å². The summed E-state index contributed by atoms with van der Waals surface area (Å²) in [5, 5.41) is 0.412. The van der Waals surface area contributed by atoms with Crippen molar-refractivity contribution in [2.24, 2.45) is 0 Å². The van der Waals surface area contributed by atoms with Crippen molar-refractivity contribution in [1.82, 2.24) is 4.98 Å². The number of pyridine rings is 1. The number of ether oxygens (including phenoxy) is 1. The van der Waals surface area contributed by atoms with Crippen molar-refractivity contribution in [3.8, 4) is 5.88 Å². The molecule has 3 nitrogen and oxygen atoms in total. The van der Waals surface area contributed by atoms with E-state index in [0.29, 0.717) is 23.3 Å². The lowest BCUT2D eigenvalue weighted by atomic mass is 10.2. The summed E-state index contributed by atoms with van der Waals surface area (Å²) in [5.74, 6) is 0.447. The Balaban J connectivity index is 2.23. The number of anilines is 1. The molecule has 1 rings (SSSR count). The van der Waals surface area contributed by atoms with E-state index in [1.54, 1.807) is 12.1 Å². The number of aromatic nitrogens is 1. The highest BCUT2D eigenvalue weighted by Crippen LogP contribution is 2.20. The maximum atomic E-state index is 5.75. The van der Waals surface area contributed by atoms with Crippen molar-refractivity contribution in [2.45, 2.75) is 39.0 Å². The van der Waals surface area contributed by atoms with Crippen LogP contribution in [0.15, 0.2) is 12.1 Å². The molecule has 0 fully saturated rings. The first-order valence-electron chi connectivity index (χ1n) is 5.79. The molecule has 0 saturated carbocycles. The minimum atomic E-state index is 0.412. The predicted molar refractivity (Wildman–Crippen MR) is 67.9 cm³/mol. The zero-order valence-corrected chi connectivity index (χ0v) is 10.5. The Morgan fingerprint density at radius 1 is 1.25 bits per heavy atom. The number of nitrogens with zero attached hydrogens (tertiary/aromatic N) is 1. The fourth-order valence-electron chi connectivity index (χ4n) is 1.42. The molecule has 0 saturated heterocycles. The van der Waals surface area contributed by atoms with Crippen molar-refractivity contribution in [3.63, 3.8) is 0 Å². The van der Waals surface area contributed by atoms with Gasteiger partial charge in [-0.25, -0.2) is 0 Å². The van der Waals surface area contributed by atoms with Gasteiger partial charge in [-0.2, -0.15) is 4.98 Å². The average molecular weight is 243 g/mol. The lowest BCUT2D eigenvalue weighted by molar-refractivity contribution is 0.295. The average Bonchev–Trinajstić information content (AvgIpc) is 2.28. The number of nitrogen functional groups attached to an aromatic ring is 1. The third-order valence-electron chi connectivity index (χ3n) is 2.34. The first-order chi connectivity index (χ1) is 7.74. The zero-order valence-electron chi connectivity index (χ0n) is 9.71. The van der Waals surface area contributed by atoms with Gasteiger partial charge < -0.3 is 10.5 Å². The standard InChI is InChI=1S/C12H19ClN2O/c1-2-3-4-5-6-9-16-12-10(14)7-8-11(13)15-12/h7-8H,2-6,9,14H2,1H3. The Morgan fingerprint density at radius 2 is 2.00 bits per heavy atom. The number of nitrogens with two attached hydrogens (primary N) is 1. The highest BCUT2D eigenvalue weighted by atomic mass is 35.5. The summed E-state index contributed by atoms with van der Waals surface area (Å²) in [4.78, 5) is 4.02. The molecule has 0 aliphatic heterocycles. The van der Waals surface area contributed by atoms with Crippen LogP contribution in [-0.2, 0) is 0 Å². The molecule has 0 unspecified atom stereocenters. The van der Waals surface area contributed by atoms with Gasteiger partial charge in [0.15, 0.2) is 0 Å². The van der Waals surface area contributed by atoms with E-state index in [1.165, 1.54) is 25.7 Å². The minimum absolute atomic E-state index is 0.412. The fourth-order valence-corrected chi connectivity index (χ4v) is 1.56. The Morgan fingerprint density at radius 3 is 2.75 bits per heavy atom. The molecule has 2 N–H and O–H groups in total. The van der Waals surface area contributed by atoms with E-state index in [0.717, 1.165) is 6.42 Å². The van der Waals surface area contributed by atoms with Crippen molar-refractivity contribution in [3.05, 3.63) is 17.3 Å². The van der Waals surface area contributed by atoms with Crippen molar-refractivity contribution in [2.75, 3.05) is 12.3 Å². The van der Waals surface area contributed by atoms with Gasteiger partial charge in [-0.1, -0.05) is 44.2 Å². The van der Waals surface area contributed by atoms with Crippen LogP contribution >= 0.6 is 11.6 Å². The molecule has 0 aliphatic carbocycles. The van der Waals surface area contributed by atoms with Gasteiger partial charge in [0.05, 0.1) is 12.3 Å². The second-order valence-electron chi connectivity index (χ2n) is 3.79. The molecule has 4 heteroatoms. The van der Waals surface area contributed by atoms with Crippen molar-refractivity contribution >= 4 is 17.3 Å². The molecule has 90 valence electrons. The second kappa shape index (κ2) is 7.34. The highest BCUT2D eigenvalue weighted by molar-refractivity contribution is 6.29. The Hall–Kier alpha value is -0.960. The van der Waals surface area contributed by atoms with Gasteiger partial charge in [0.25, 0.3) is 0 Å². The summed E-state index contributed by atoms with van der Waals surface area (Å²) < 4.78 is 5.48. The number of rotatable bonds is 7. The summed E-state index contributed by atoms with van der Waals surface area (Å²) in [6.07, 6.45) is 6.03. The molecule has 0 radical (unpaired) electrons. The summed E-state index contributed by atoms with van der Waals surface area (Å²) in [7, 11) is 0. The molecular weight excluding hydrogens is 224 g/mol. The summed E-state index contributed by atoms with van der Waals surface area (Å²) in [6, 6.07) is 3.37. The van der Waals surface area contributed by atoms with Gasteiger partial charge in [0.1, 0.15) is 5.15 Å². The van der Waals surface area contributed by atoms with Gasteiger partial charge >= 0.3 is 0 Å². The van der Waals surface area contributed by atoms with E-state index in [1.807, 2.05) is 0 Å². The third kappa shape index (κ3) is 4.71. The Labute approximate surface area is 102 Å². The molecule has 1 aromatic rings. The number of hydrogen-bond donors (Lipinski definition) is 1. The van der Waals surface area contributed by atoms with Gasteiger partial charge in [-0.05, 0) is 18.6 Å². The molecule has 0 aromatic carbocycles. The third-order valence-corrected chi connectivity index (χ3v) is 2.55. The summed E-state index contributed by atoms with van der Waals surface area (Å²) in [5.41, 5.74) is 6.25. The lowest BCUT2D eigenvalue weighted by Crippen LogP contribution is -2.02. The van der Waals surface area contributed by atoms with E-state index in [9.17, 15) is 0 Å². The summed E-state index contributed by atoms with van der Waals surface area (Å²) in [6.45, 7) is 2.86. The van der Waals surface area contributed by atoms with E-state index in [2.05, 4.69) is 11.9 Å². The molecule has 16 heavy (non-hydrogen) atoms. The van der Waals surface area contributed by atoms with E-state index >= 15 is 0 Å². The predicted octanol–water partition coefficient (Wildman–Crippen LogP) is 3.67. The number of hydrogen-bond acceptors (Lipinski definition) is 3. The van der Waals surface area contributed by atoms with E-state index < -0.39 is 0 Å². The monoisotopic (exact) mass is 242 g/mol. The lowest BCUT2D eigenvalue weighted by Gasteiger charge is -2.07. The van der Waals surface area contributed by atoms with E-state index in [-0.39, 0.29) is 0 Å². The molecule has 0 aliphatic rings. The molecular formula is C12H19ClN2O. The van der Waals surface area contributed by atoms with Crippen molar-refractivity contribution in [1.29, 1.82) is 0 Å². The van der Waals surface area contributed by atoms with Crippen LogP contribution in [0.3, 0.4) is 0 Å². The molecule has 1 aromatic heterocycles. The molecule has 0 spiro atoms. The summed E-state index contributed by atoms with van der Waals surface area (Å²) >= 11 is 5.75. The van der Waals surface area contributed by atoms with Crippen LogP contribution in [-0.4, -0.2) is 11.6 Å². The maximum absolute atomic E-state index is 5.75. The first-order valence-corrected chi connectivity index (χ1v) is 6.16. The second-order valence-corrected chi connectivity index (χ2v) is 4.18. The topological polar surface area (TPSA) is 48.1 Å². The molecule has 1 heterocycles. The van der Waals surface area contributed by atoms with Crippen molar-refractivity contribution < 1.29 is 4.74 Å². The van der Waals surface area contributed by atoms with Gasteiger partial charge in [0.2, 0.25) is 5.88 Å². The van der Waals surface area contributed by atoms with Crippen LogP contribution in [0.1, 0.15) is 39.0 Å². The SMILES string of the molecule is CCCCCCCOc1nc(Cl)ccc1N. The zero-order chi connectivity index (χ0) is 11.8. The molecule has 0 amide bonds. The van der Waals surface area contributed by atoms with Gasteiger partial charge in [-0.15, -0.1) is 0 Å². The van der Waals surface area contributed by atoms with Crippen LogP contribution in [0, 0.1) is 0 Å². The van der Waals surface area contributed by atoms with Gasteiger partial charge in [-0.3, -0.25) is 0 Å². The molecule has 0 bridgehead atoms. The van der Waals surface area contributed by atoms with E-state index in [4.69, 9.17) is 22.1 Å². The number of halogens is 1. The van der Waals surface area contributed by atoms with Gasteiger partial charge in [0, 0.05) is 0 Å². The largest absolute Gasteiger partial charge is 0.476 e. The van der Waals surface area contributed by atoms with Crippen LogP contribution in [0.2, 0.25) is 5.15 Å². The fraction of sp³-hybridized carbons (Fsp3) is 0.583. The highest BCUT2D eigenvalue weighted by Gasteiger charge is 2.02. The Kier molecular flexibility index (Phi) is 6.01. The first kappa shape index (κ1) is 13.1. The van der Waals surface area contributed by atoms with Crippen LogP contribution in [0.25, 0.3) is 0 Å². The quantitative estimate of drug-likeness (QED) is 0.586. The molecule has 0 atom stereocenters. The number of unbranched alkanes of at least 4 members (excludes halogenated alkanes) is 4. The minimum Gasteiger partial charge on any atom is -0.476 e. The Bertz CT molecular complexity index is 318. The normalized spacial score (nSPS) is 10.4. The smallest absolute Gasteiger partial charge is 0.238 e. The maximum Gasteiger partial charge on any atom is 0.238 e.